The Morgan fingerprint density at radius 2 is 1.58 bits per heavy atom. The molecule has 0 radical (unpaired) electrons. The van der Waals surface area contributed by atoms with Gasteiger partial charge in [0.1, 0.15) is 5.75 Å². The second-order valence-electron chi connectivity index (χ2n) is 6.01. The Kier molecular flexibility index (Phi) is 5.69. The molecular weight excluding hydrogens is 375 g/mol. The second-order valence-corrected chi connectivity index (χ2v) is 6.82. The molecular formula is C19H18Cl2N2O3. The van der Waals surface area contributed by atoms with Crippen LogP contribution < -0.4 is 9.64 Å². The van der Waals surface area contributed by atoms with Gasteiger partial charge < -0.3 is 14.5 Å². The van der Waals surface area contributed by atoms with Gasteiger partial charge in [0, 0.05) is 38.8 Å². The molecule has 7 heteroatoms. The zero-order valence-electron chi connectivity index (χ0n) is 14.2. The van der Waals surface area contributed by atoms with Gasteiger partial charge in [0.2, 0.25) is 5.91 Å². The molecule has 136 valence electrons. The highest BCUT2D eigenvalue weighted by molar-refractivity contribution is 6.42. The Bertz CT molecular complexity index is 816. The van der Waals surface area contributed by atoms with Gasteiger partial charge in [0.05, 0.1) is 15.6 Å². The number of amides is 1. The summed E-state index contributed by atoms with van der Waals surface area (Å²) in [5.74, 6) is 0.0628. The largest absolute Gasteiger partial charge is 0.423 e. The lowest BCUT2D eigenvalue weighted by atomic mass is 10.2. The van der Waals surface area contributed by atoms with Crippen molar-refractivity contribution < 1.29 is 14.3 Å². The number of benzene rings is 2. The summed E-state index contributed by atoms with van der Waals surface area (Å²) in [6.45, 7) is 4.57. The minimum absolute atomic E-state index is 0.106. The molecule has 0 aromatic heterocycles. The predicted molar refractivity (Wildman–Crippen MR) is 102 cm³/mol. The second kappa shape index (κ2) is 7.98. The van der Waals surface area contributed by atoms with Gasteiger partial charge >= 0.3 is 5.97 Å². The third-order valence-corrected chi connectivity index (χ3v) is 5.03. The van der Waals surface area contributed by atoms with E-state index < -0.39 is 5.97 Å². The highest BCUT2D eigenvalue weighted by Gasteiger charge is 2.19. The Morgan fingerprint density at radius 3 is 2.15 bits per heavy atom. The molecule has 5 nitrogen and oxygen atoms in total. The lowest BCUT2D eigenvalue weighted by Crippen LogP contribution is -2.48. The Labute approximate surface area is 162 Å². The van der Waals surface area contributed by atoms with Crippen LogP contribution in [0.4, 0.5) is 5.69 Å². The Balaban J connectivity index is 1.62. The molecule has 1 fully saturated rings. The summed E-state index contributed by atoms with van der Waals surface area (Å²) in [6, 6.07) is 11.9. The van der Waals surface area contributed by atoms with Crippen LogP contribution in [-0.2, 0) is 4.79 Å². The maximum Gasteiger partial charge on any atom is 0.343 e. The molecule has 1 amide bonds. The van der Waals surface area contributed by atoms with Crippen molar-refractivity contribution >= 4 is 40.8 Å². The van der Waals surface area contributed by atoms with E-state index >= 15 is 0 Å². The van der Waals surface area contributed by atoms with E-state index in [2.05, 4.69) is 4.90 Å². The van der Waals surface area contributed by atoms with Crippen LogP contribution in [0.1, 0.15) is 17.3 Å². The van der Waals surface area contributed by atoms with Gasteiger partial charge in [-0.15, -0.1) is 0 Å². The lowest BCUT2D eigenvalue weighted by Gasteiger charge is -2.35. The highest BCUT2D eigenvalue weighted by atomic mass is 35.5. The van der Waals surface area contributed by atoms with Gasteiger partial charge in [-0.3, -0.25) is 4.79 Å². The van der Waals surface area contributed by atoms with E-state index in [1.807, 2.05) is 17.0 Å². The first kappa shape index (κ1) is 18.5. The number of ether oxygens (including phenoxy) is 1. The van der Waals surface area contributed by atoms with Gasteiger partial charge in [0.25, 0.3) is 0 Å². The van der Waals surface area contributed by atoms with Crippen molar-refractivity contribution in [2.45, 2.75) is 6.92 Å². The van der Waals surface area contributed by atoms with Gasteiger partial charge in [-0.2, -0.15) is 0 Å². The number of esters is 1. The summed E-state index contributed by atoms with van der Waals surface area (Å²) in [5.41, 5.74) is 1.37. The monoisotopic (exact) mass is 392 g/mol. The fraction of sp³-hybridized carbons (Fsp3) is 0.263. The molecule has 0 N–H and O–H groups in total. The average Bonchev–Trinajstić information content (AvgIpc) is 2.64. The van der Waals surface area contributed by atoms with E-state index in [9.17, 15) is 9.59 Å². The van der Waals surface area contributed by atoms with Crippen molar-refractivity contribution in [1.29, 1.82) is 0 Å². The number of nitrogens with zero attached hydrogens (tertiary/aromatic N) is 2. The van der Waals surface area contributed by atoms with Crippen molar-refractivity contribution in [1.82, 2.24) is 4.90 Å². The maximum absolute atomic E-state index is 12.2. The van der Waals surface area contributed by atoms with Crippen molar-refractivity contribution in [3.63, 3.8) is 0 Å². The molecule has 2 aromatic rings. The van der Waals surface area contributed by atoms with Crippen molar-refractivity contribution in [3.8, 4) is 5.75 Å². The average molecular weight is 393 g/mol. The summed E-state index contributed by atoms with van der Waals surface area (Å²) in [7, 11) is 0. The molecule has 0 aliphatic carbocycles. The van der Waals surface area contributed by atoms with E-state index in [0.717, 1.165) is 18.8 Å². The standard InChI is InChI=1S/C19H18Cl2N2O3/c1-13(24)22-8-10-23(11-9-22)15-3-5-16(6-4-15)26-19(25)14-2-7-17(20)18(21)12-14/h2-7,12H,8-11H2,1H3. The molecule has 0 bridgehead atoms. The molecule has 0 unspecified atom stereocenters. The van der Waals surface area contributed by atoms with Gasteiger partial charge in [-0.05, 0) is 42.5 Å². The van der Waals surface area contributed by atoms with Crippen LogP contribution in [0, 0.1) is 0 Å². The minimum Gasteiger partial charge on any atom is -0.423 e. The van der Waals surface area contributed by atoms with E-state index in [-0.39, 0.29) is 5.91 Å². The number of hydrogen-bond acceptors (Lipinski definition) is 4. The predicted octanol–water partition coefficient (Wildman–Crippen LogP) is 3.88. The van der Waals surface area contributed by atoms with Crippen LogP contribution in [0.2, 0.25) is 10.0 Å². The third kappa shape index (κ3) is 4.29. The smallest absolute Gasteiger partial charge is 0.343 e. The number of piperazine rings is 1. The van der Waals surface area contributed by atoms with Crippen molar-refractivity contribution in [2.24, 2.45) is 0 Å². The number of halogens is 2. The fourth-order valence-electron chi connectivity index (χ4n) is 2.79. The van der Waals surface area contributed by atoms with Crippen LogP contribution in [0.15, 0.2) is 42.5 Å². The zero-order chi connectivity index (χ0) is 18.7. The first-order valence-corrected chi connectivity index (χ1v) is 8.97. The fourth-order valence-corrected chi connectivity index (χ4v) is 3.09. The Morgan fingerprint density at radius 1 is 0.923 bits per heavy atom. The van der Waals surface area contributed by atoms with Gasteiger partial charge in [0.15, 0.2) is 0 Å². The number of carbonyl (C=O) groups is 2. The SMILES string of the molecule is CC(=O)N1CCN(c2ccc(OC(=O)c3ccc(Cl)c(Cl)c3)cc2)CC1. The summed E-state index contributed by atoms with van der Waals surface area (Å²) < 4.78 is 5.37. The van der Waals surface area contributed by atoms with E-state index in [0.29, 0.717) is 34.4 Å². The van der Waals surface area contributed by atoms with Gasteiger partial charge in [-0.25, -0.2) is 4.79 Å². The summed E-state index contributed by atoms with van der Waals surface area (Å²) in [4.78, 5) is 27.6. The van der Waals surface area contributed by atoms with Crippen molar-refractivity contribution in [2.75, 3.05) is 31.1 Å². The molecule has 1 aliphatic heterocycles. The normalized spacial score (nSPS) is 14.3. The molecule has 1 saturated heterocycles. The first-order chi connectivity index (χ1) is 12.4. The number of anilines is 1. The summed E-state index contributed by atoms with van der Waals surface area (Å²) in [5, 5.41) is 0.693. The zero-order valence-corrected chi connectivity index (χ0v) is 15.8. The third-order valence-electron chi connectivity index (χ3n) is 4.29. The van der Waals surface area contributed by atoms with E-state index in [1.165, 1.54) is 6.07 Å². The lowest BCUT2D eigenvalue weighted by molar-refractivity contribution is -0.129. The topological polar surface area (TPSA) is 49.9 Å². The van der Waals surface area contributed by atoms with Crippen LogP contribution in [-0.4, -0.2) is 43.0 Å². The van der Waals surface area contributed by atoms with Crippen molar-refractivity contribution in [3.05, 3.63) is 58.1 Å². The van der Waals surface area contributed by atoms with E-state index in [4.69, 9.17) is 27.9 Å². The highest BCUT2D eigenvalue weighted by Crippen LogP contribution is 2.25. The van der Waals surface area contributed by atoms with Gasteiger partial charge in [-0.1, -0.05) is 23.2 Å². The molecule has 0 spiro atoms. The quantitative estimate of drug-likeness (QED) is 0.587. The molecule has 0 saturated carbocycles. The maximum atomic E-state index is 12.2. The van der Waals surface area contributed by atoms with Crippen LogP contribution >= 0.6 is 23.2 Å². The number of carbonyl (C=O) groups excluding carboxylic acids is 2. The number of hydrogen-bond donors (Lipinski definition) is 0. The van der Waals surface area contributed by atoms with Crippen LogP contribution in [0.5, 0.6) is 5.75 Å². The minimum atomic E-state index is -0.494. The molecule has 1 heterocycles. The van der Waals surface area contributed by atoms with E-state index in [1.54, 1.807) is 31.2 Å². The molecule has 1 aliphatic rings. The first-order valence-electron chi connectivity index (χ1n) is 8.22. The van der Waals surface area contributed by atoms with Crippen LogP contribution in [0.25, 0.3) is 0 Å². The molecule has 26 heavy (non-hydrogen) atoms. The number of rotatable bonds is 3. The molecule has 3 rings (SSSR count). The Hall–Kier alpha value is -2.24. The summed E-state index contributed by atoms with van der Waals surface area (Å²) >= 11 is 11.8. The molecule has 2 aromatic carbocycles. The van der Waals surface area contributed by atoms with Crippen LogP contribution in [0.3, 0.4) is 0 Å². The molecule has 0 atom stereocenters. The summed E-state index contributed by atoms with van der Waals surface area (Å²) in [6.07, 6.45) is 0.